The molecule has 0 fully saturated rings. The van der Waals surface area contributed by atoms with Crippen molar-refractivity contribution in [2.45, 2.75) is 25.8 Å². The smallest absolute Gasteiger partial charge is 0.129 e. The molecule has 0 aliphatic carbocycles. The molecule has 0 aliphatic heterocycles. The molecule has 0 amide bonds. The first-order chi connectivity index (χ1) is 13.2. The van der Waals surface area contributed by atoms with Gasteiger partial charge in [-0.25, -0.2) is 4.39 Å². The molecule has 2 aromatic carbocycles. The average molecular weight is 369 g/mol. The standard InChI is InChI=1S/C22H24FNO3/c23-20-9-4-8-19(12-20)14-24(13-18-6-2-1-3-7-18)15-21(25)16-26-17-22-10-5-11-27-22/h1-12,21,25H,13-17H2/t21-/m0/s1. The van der Waals surface area contributed by atoms with E-state index in [9.17, 15) is 9.50 Å². The number of hydrogen-bond acceptors (Lipinski definition) is 4. The Balaban J connectivity index is 1.58. The van der Waals surface area contributed by atoms with E-state index < -0.39 is 6.10 Å². The van der Waals surface area contributed by atoms with Crippen LogP contribution in [0.25, 0.3) is 0 Å². The Hall–Kier alpha value is -2.47. The lowest BCUT2D eigenvalue weighted by molar-refractivity contribution is 0.00252. The van der Waals surface area contributed by atoms with Crippen molar-refractivity contribution >= 4 is 0 Å². The van der Waals surface area contributed by atoms with E-state index in [1.807, 2.05) is 42.5 Å². The van der Waals surface area contributed by atoms with Crippen molar-refractivity contribution in [2.75, 3.05) is 13.2 Å². The first kappa shape index (κ1) is 19.3. The summed E-state index contributed by atoms with van der Waals surface area (Å²) in [7, 11) is 0. The molecule has 0 bridgehead atoms. The highest BCUT2D eigenvalue weighted by atomic mass is 19.1. The number of aliphatic hydroxyl groups is 1. The van der Waals surface area contributed by atoms with Crippen LogP contribution in [0.5, 0.6) is 0 Å². The summed E-state index contributed by atoms with van der Waals surface area (Å²) in [5, 5.41) is 10.4. The quantitative estimate of drug-likeness (QED) is 0.587. The van der Waals surface area contributed by atoms with Gasteiger partial charge in [0.25, 0.3) is 0 Å². The maximum Gasteiger partial charge on any atom is 0.129 e. The molecule has 4 nitrogen and oxygen atoms in total. The van der Waals surface area contributed by atoms with Crippen LogP contribution in [0, 0.1) is 5.82 Å². The Bertz CT molecular complexity index is 792. The first-order valence-corrected chi connectivity index (χ1v) is 8.98. The largest absolute Gasteiger partial charge is 0.467 e. The van der Waals surface area contributed by atoms with E-state index in [0.29, 0.717) is 26.2 Å². The summed E-state index contributed by atoms with van der Waals surface area (Å²) in [6.07, 6.45) is 0.938. The number of benzene rings is 2. The van der Waals surface area contributed by atoms with Crippen molar-refractivity contribution in [1.29, 1.82) is 0 Å². The predicted octanol–water partition coefficient (Wildman–Crippen LogP) is 4.00. The third kappa shape index (κ3) is 6.64. The first-order valence-electron chi connectivity index (χ1n) is 8.98. The lowest BCUT2D eigenvalue weighted by atomic mass is 10.1. The molecule has 142 valence electrons. The second-order valence-corrected chi connectivity index (χ2v) is 6.53. The molecule has 0 unspecified atom stereocenters. The third-order valence-corrected chi connectivity index (χ3v) is 4.15. The number of hydrogen-bond donors (Lipinski definition) is 1. The van der Waals surface area contributed by atoms with Crippen molar-refractivity contribution in [1.82, 2.24) is 4.90 Å². The zero-order valence-corrected chi connectivity index (χ0v) is 15.1. The van der Waals surface area contributed by atoms with Gasteiger partial charge in [-0.1, -0.05) is 42.5 Å². The van der Waals surface area contributed by atoms with Crippen LogP contribution >= 0.6 is 0 Å². The number of halogens is 1. The minimum Gasteiger partial charge on any atom is -0.467 e. The zero-order valence-electron chi connectivity index (χ0n) is 15.1. The minimum atomic E-state index is -0.655. The molecule has 0 spiro atoms. The van der Waals surface area contributed by atoms with Gasteiger partial charge in [0, 0.05) is 19.6 Å². The van der Waals surface area contributed by atoms with E-state index in [2.05, 4.69) is 4.90 Å². The van der Waals surface area contributed by atoms with Crippen molar-refractivity contribution < 1.29 is 18.7 Å². The molecule has 1 heterocycles. The van der Waals surface area contributed by atoms with Crippen LogP contribution in [-0.4, -0.2) is 29.3 Å². The van der Waals surface area contributed by atoms with Gasteiger partial charge >= 0.3 is 0 Å². The molecule has 3 rings (SSSR count). The zero-order chi connectivity index (χ0) is 18.9. The van der Waals surface area contributed by atoms with Crippen LogP contribution in [0.3, 0.4) is 0 Å². The van der Waals surface area contributed by atoms with Gasteiger partial charge in [0.05, 0.1) is 19.0 Å². The predicted molar refractivity (Wildman–Crippen MR) is 101 cm³/mol. The fraction of sp³-hybridized carbons (Fsp3) is 0.273. The van der Waals surface area contributed by atoms with Gasteiger partial charge in [0.1, 0.15) is 18.2 Å². The van der Waals surface area contributed by atoms with Crippen molar-refractivity contribution in [3.63, 3.8) is 0 Å². The average Bonchev–Trinajstić information content (AvgIpc) is 3.16. The Labute approximate surface area is 158 Å². The molecule has 0 saturated carbocycles. The summed E-state index contributed by atoms with van der Waals surface area (Å²) in [6.45, 7) is 2.15. The third-order valence-electron chi connectivity index (χ3n) is 4.15. The number of furan rings is 1. The number of rotatable bonds is 10. The van der Waals surface area contributed by atoms with E-state index in [4.69, 9.17) is 9.15 Å². The normalized spacial score (nSPS) is 12.4. The van der Waals surface area contributed by atoms with Crippen molar-refractivity contribution in [3.05, 3.63) is 95.7 Å². The summed E-state index contributed by atoms with van der Waals surface area (Å²) >= 11 is 0. The molecule has 1 N–H and O–H groups in total. The van der Waals surface area contributed by atoms with Gasteiger partial charge < -0.3 is 14.3 Å². The van der Waals surface area contributed by atoms with Crippen LogP contribution in [0.2, 0.25) is 0 Å². The molecule has 0 radical (unpaired) electrons. The Morgan fingerprint density at radius 2 is 1.74 bits per heavy atom. The van der Waals surface area contributed by atoms with Gasteiger partial charge in [-0.3, -0.25) is 4.90 Å². The number of nitrogens with zero attached hydrogens (tertiary/aromatic N) is 1. The van der Waals surface area contributed by atoms with Crippen LogP contribution in [0.15, 0.2) is 77.4 Å². The highest BCUT2D eigenvalue weighted by Gasteiger charge is 2.14. The van der Waals surface area contributed by atoms with Gasteiger partial charge in [0.2, 0.25) is 0 Å². The number of ether oxygens (including phenoxy) is 1. The Morgan fingerprint density at radius 1 is 0.963 bits per heavy atom. The van der Waals surface area contributed by atoms with E-state index >= 15 is 0 Å². The monoisotopic (exact) mass is 369 g/mol. The summed E-state index contributed by atoms with van der Waals surface area (Å²) < 4.78 is 24.3. The topological polar surface area (TPSA) is 45.8 Å². The van der Waals surface area contributed by atoms with Gasteiger partial charge in [-0.2, -0.15) is 0 Å². The van der Waals surface area contributed by atoms with Gasteiger partial charge in [0.15, 0.2) is 0 Å². The highest BCUT2D eigenvalue weighted by Crippen LogP contribution is 2.12. The highest BCUT2D eigenvalue weighted by molar-refractivity contribution is 5.18. The maximum atomic E-state index is 13.5. The summed E-state index contributed by atoms with van der Waals surface area (Å²) in [5.41, 5.74) is 2.01. The lowest BCUT2D eigenvalue weighted by Gasteiger charge is -2.25. The minimum absolute atomic E-state index is 0.204. The second-order valence-electron chi connectivity index (χ2n) is 6.53. The van der Waals surface area contributed by atoms with Gasteiger partial charge in [-0.05, 0) is 35.4 Å². The Morgan fingerprint density at radius 3 is 2.48 bits per heavy atom. The van der Waals surface area contributed by atoms with E-state index in [0.717, 1.165) is 16.9 Å². The van der Waals surface area contributed by atoms with Crippen molar-refractivity contribution in [3.8, 4) is 0 Å². The molecule has 5 heteroatoms. The van der Waals surface area contributed by atoms with Crippen LogP contribution in [0.4, 0.5) is 4.39 Å². The summed E-state index contributed by atoms with van der Waals surface area (Å²) in [4.78, 5) is 2.09. The fourth-order valence-electron chi connectivity index (χ4n) is 2.96. The van der Waals surface area contributed by atoms with Crippen LogP contribution < -0.4 is 0 Å². The van der Waals surface area contributed by atoms with Crippen LogP contribution in [0.1, 0.15) is 16.9 Å². The fourth-order valence-corrected chi connectivity index (χ4v) is 2.96. The maximum absolute atomic E-state index is 13.5. The molecule has 3 aromatic rings. The molecule has 0 saturated heterocycles. The second kappa shape index (κ2) is 10.0. The molecule has 0 aliphatic rings. The number of aliphatic hydroxyl groups excluding tert-OH is 1. The molecular formula is C22H24FNO3. The SMILES string of the molecule is O[C@H](COCc1ccco1)CN(Cc1ccccc1)Cc1cccc(F)c1. The molecular weight excluding hydrogens is 345 g/mol. The summed E-state index contributed by atoms with van der Waals surface area (Å²) in [5.74, 6) is 0.470. The molecule has 1 atom stereocenters. The lowest BCUT2D eigenvalue weighted by Crippen LogP contribution is -2.34. The molecule has 27 heavy (non-hydrogen) atoms. The van der Waals surface area contributed by atoms with E-state index in [-0.39, 0.29) is 12.4 Å². The molecule has 1 aromatic heterocycles. The van der Waals surface area contributed by atoms with E-state index in [1.54, 1.807) is 18.4 Å². The Kier molecular flexibility index (Phi) is 7.16. The van der Waals surface area contributed by atoms with Crippen LogP contribution in [-0.2, 0) is 24.4 Å². The van der Waals surface area contributed by atoms with E-state index in [1.165, 1.54) is 12.1 Å². The summed E-state index contributed by atoms with van der Waals surface area (Å²) in [6, 6.07) is 20.2. The van der Waals surface area contributed by atoms with Crippen molar-refractivity contribution in [2.24, 2.45) is 0 Å². The van der Waals surface area contributed by atoms with Gasteiger partial charge in [-0.15, -0.1) is 0 Å².